The molecule has 3 aromatic heterocycles. The second-order valence-corrected chi connectivity index (χ2v) is 6.25. The maximum Gasteiger partial charge on any atom is 0.226 e. The number of anilines is 1. The maximum absolute atomic E-state index is 12.1. The van der Waals surface area contributed by atoms with Gasteiger partial charge >= 0.3 is 0 Å². The van der Waals surface area contributed by atoms with Crippen LogP contribution in [-0.2, 0) is 17.9 Å². The van der Waals surface area contributed by atoms with Gasteiger partial charge in [0.05, 0.1) is 19.1 Å². The number of benzene rings is 1. The van der Waals surface area contributed by atoms with Crippen LogP contribution in [0.4, 0.5) is 5.82 Å². The summed E-state index contributed by atoms with van der Waals surface area (Å²) < 4.78 is 7.54. The van der Waals surface area contributed by atoms with Gasteiger partial charge < -0.3 is 20.0 Å². The fourth-order valence-corrected chi connectivity index (χ4v) is 2.85. The molecule has 4 rings (SSSR count). The molecule has 9 heteroatoms. The highest BCUT2D eigenvalue weighted by molar-refractivity contribution is 5.81. The van der Waals surface area contributed by atoms with Crippen LogP contribution in [0.1, 0.15) is 18.6 Å². The first-order valence-corrected chi connectivity index (χ1v) is 8.89. The van der Waals surface area contributed by atoms with Crippen LogP contribution in [0.5, 0.6) is 0 Å². The number of nitrogens with two attached hydrogens (primary N) is 1. The molecule has 4 aromatic rings. The van der Waals surface area contributed by atoms with E-state index in [1.807, 2.05) is 34.9 Å². The number of hydrogen-bond donors (Lipinski definition) is 2. The van der Waals surface area contributed by atoms with E-state index in [2.05, 4.69) is 25.3 Å². The standard InChI is InChI=1S/C19H19N7O2/c20-17-16-18(24-11-23-17)26(12-25-16)8-4-7-15(27)21-9-14-10-22-19(28-14)13-5-2-1-3-6-13/h1-3,5-6,10-12H,4,7-9H2,(H,21,27)(H2,20,23,24). The number of aromatic nitrogens is 5. The molecule has 142 valence electrons. The van der Waals surface area contributed by atoms with Crippen molar-refractivity contribution < 1.29 is 9.21 Å². The Balaban J connectivity index is 1.26. The Morgan fingerprint density at radius 2 is 2.00 bits per heavy atom. The molecule has 28 heavy (non-hydrogen) atoms. The summed E-state index contributed by atoms with van der Waals surface area (Å²) in [5.74, 6) is 1.44. The second-order valence-electron chi connectivity index (χ2n) is 6.25. The Kier molecular flexibility index (Phi) is 4.96. The van der Waals surface area contributed by atoms with E-state index in [9.17, 15) is 4.79 Å². The number of rotatable bonds is 7. The molecular formula is C19H19N7O2. The number of nitrogens with one attached hydrogen (secondary N) is 1. The zero-order chi connectivity index (χ0) is 19.3. The molecule has 1 aromatic carbocycles. The smallest absolute Gasteiger partial charge is 0.226 e. The number of nitrogens with zero attached hydrogens (tertiary/aromatic N) is 5. The Bertz CT molecular complexity index is 1090. The minimum absolute atomic E-state index is 0.0591. The van der Waals surface area contributed by atoms with Gasteiger partial charge in [-0.1, -0.05) is 18.2 Å². The van der Waals surface area contributed by atoms with Gasteiger partial charge in [0, 0.05) is 18.5 Å². The topological polar surface area (TPSA) is 125 Å². The Morgan fingerprint density at radius 3 is 2.86 bits per heavy atom. The summed E-state index contributed by atoms with van der Waals surface area (Å²) in [6.07, 6.45) is 5.72. The van der Waals surface area contributed by atoms with E-state index in [-0.39, 0.29) is 5.91 Å². The lowest BCUT2D eigenvalue weighted by Gasteiger charge is -2.05. The molecular weight excluding hydrogens is 358 g/mol. The Morgan fingerprint density at radius 1 is 1.14 bits per heavy atom. The van der Waals surface area contributed by atoms with Crippen molar-refractivity contribution in [1.82, 2.24) is 29.8 Å². The summed E-state index contributed by atoms with van der Waals surface area (Å²) in [5, 5.41) is 2.85. The number of nitrogen functional groups attached to an aromatic ring is 1. The van der Waals surface area contributed by atoms with Crippen LogP contribution < -0.4 is 11.1 Å². The van der Waals surface area contributed by atoms with Crippen molar-refractivity contribution in [2.45, 2.75) is 25.9 Å². The largest absolute Gasteiger partial charge is 0.439 e. The van der Waals surface area contributed by atoms with Crippen molar-refractivity contribution in [2.75, 3.05) is 5.73 Å². The lowest BCUT2D eigenvalue weighted by atomic mass is 10.2. The molecule has 0 spiro atoms. The van der Waals surface area contributed by atoms with Crippen LogP contribution in [0.3, 0.4) is 0 Å². The molecule has 0 saturated heterocycles. The van der Waals surface area contributed by atoms with Crippen molar-refractivity contribution in [3.8, 4) is 11.5 Å². The third-order valence-corrected chi connectivity index (χ3v) is 4.27. The first-order chi connectivity index (χ1) is 13.7. The number of amides is 1. The molecule has 3 heterocycles. The number of carbonyl (C=O) groups excluding carboxylic acids is 1. The highest BCUT2D eigenvalue weighted by atomic mass is 16.4. The fourth-order valence-electron chi connectivity index (χ4n) is 2.85. The summed E-state index contributed by atoms with van der Waals surface area (Å²) in [4.78, 5) is 28.7. The van der Waals surface area contributed by atoms with Crippen LogP contribution in [0.15, 0.2) is 53.6 Å². The van der Waals surface area contributed by atoms with E-state index < -0.39 is 0 Å². The molecule has 3 N–H and O–H groups in total. The lowest BCUT2D eigenvalue weighted by molar-refractivity contribution is -0.121. The highest BCUT2D eigenvalue weighted by Gasteiger charge is 2.10. The fraction of sp³-hybridized carbons (Fsp3) is 0.211. The average molecular weight is 377 g/mol. The first kappa shape index (κ1) is 17.7. The van der Waals surface area contributed by atoms with Crippen molar-refractivity contribution >= 4 is 22.9 Å². The van der Waals surface area contributed by atoms with E-state index >= 15 is 0 Å². The summed E-state index contributed by atoms with van der Waals surface area (Å²) in [5.41, 5.74) is 7.92. The quantitative estimate of drug-likeness (QED) is 0.505. The van der Waals surface area contributed by atoms with Crippen molar-refractivity contribution in [3.05, 3.63) is 54.9 Å². The minimum Gasteiger partial charge on any atom is -0.439 e. The SMILES string of the molecule is Nc1ncnc2c1ncn2CCCC(=O)NCc1cnc(-c2ccccc2)o1. The summed E-state index contributed by atoms with van der Waals surface area (Å²) in [6, 6.07) is 9.62. The monoisotopic (exact) mass is 377 g/mol. The van der Waals surface area contributed by atoms with E-state index in [0.717, 1.165) is 5.56 Å². The van der Waals surface area contributed by atoms with Gasteiger partial charge in [0.15, 0.2) is 11.5 Å². The summed E-state index contributed by atoms with van der Waals surface area (Å²) in [6.45, 7) is 0.914. The molecule has 0 fully saturated rings. The summed E-state index contributed by atoms with van der Waals surface area (Å²) >= 11 is 0. The maximum atomic E-state index is 12.1. The minimum atomic E-state index is -0.0591. The van der Waals surface area contributed by atoms with Gasteiger partial charge in [-0.25, -0.2) is 19.9 Å². The molecule has 9 nitrogen and oxygen atoms in total. The molecule has 0 unspecified atom stereocenters. The van der Waals surface area contributed by atoms with Gasteiger partial charge in [-0.05, 0) is 18.6 Å². The number of imidazole rings is 1. The highest BCUT2D eigenvalue weighted by Crippen LogP contribution is 2.18. The van der Waals surface area contributed by atoms with E-state index in [0.29, 0.717) is 54.6 Å². The summed E-state index contributed by atoms with van der Waals surface area (Å²) in [7, 11) is 0. The van der Waals surface area contributed by atoms with E-state index in [1.54, 1.807) is 12.5 Å². The van der Waals surface area contributed by atoms with Crippen LogP contribution in [0, 0.1) is 0 Å². The van der Waals surface area contributed by atoms with Crippen molar-refractivity contribution in [3.63, 3.8) is 0 Å². The number of carbonyl (C=O) groups is 1. The molecule has 0 radical (unpaired) electrons. The van der Waals surface area contributed by atoms with Gasteiger partial charge in [0.25, 0.3) is 0 Å². The molecule has 0 bridgehead atoms. The van der Waals surface area contributed by atoms with Crippen LogP contribution in [0.2, 0.25) is 0 Å². The van der Waals surface area contributed by atoms with E-state index in [4.69, 9.17) is 10.2 Å². The molecule has 0 aliphatic heterocycles. The molecule has 0 aliphatic rings. The number of hydrogen-bond acceptors (Lipinski definition) is 7. The Labute approximate surface area is 160 Å². The normalized spacial score (nSPS) is 11.0. The molecule has 0 aliphatic carbocycles. The zero-order valence-electron chi connectivity index (χ0n) is 15.1. The third kappa shape index (κ3) is 3.83. The molecule has 0 atom stereocenters. The van der Waals surface area contributed by atoms with Gasteiger partial charge in [0.2, 0.25) is 11.8 Å². The van der Waals surface area contributed by atoms with E-state index in [1.165, 1.54) is 6.33 Å². The predicted molar refractivity (Wildman–Crippen MR) is 103 cm³/mol. The molecule has 0 saturated carbocycles. The first-order valence-electron chi connectivity index (χ1n) is 8.89. The van der Waals surface area contributed by atoms with Crippen molar-refractivity contribution in [2.24, 2.45) is 0 Å². The third-order valence-electron chi connectivity index (χ3n) is 4.27. The lowest BCUT2D eigenvalue weighted by Crippen LogP contribution is -2.22. The average Bonchev–Trinajstić information content (AvgIpc) is 3.35. The second kappa shape index (κ2) is 7.87. The number of fused-ring (bicyclic) bond motifs is 1. The molecule has 1 amide bonds. The number of oxazole rings is 1. The van der Waals surface area contributed by atoms with Crippen molar-refractivity contribution in [1.29, 1.82) is 0 Å². The van der Waals surface area contributed by atoms with Gasteiger partial charge in [0.1, 0.15) is 17.6 Å². The van der Waals surface area contributed by atoms with Gasteiger partial charge in [-0.3, -0.25) is 4.79 Å². The van der Waals surface area contributed by atoms with Crippen LogP contribution in [0.25, 0.3) is 22.6 Å². The Hall–Kier alpha value is -3.75. The van der Waals surface area contributed by atoms with Crippen LogP contribution in [-0.4, -0.2) is 30.4 Å². The van der Waals surface area contributed by atoms with Crippen LogP contribution >= 0.6 is 0 Å². The van der Waals surface area contributed by atoms with Gasteiger partial charge in [-0.15, -0.1) is 0 Å². The number of aryl methyl sites for hydroxylation is 1. The van der Waals surface area contributed by atoms with Gasteiger partial charge in [-0.2, -0.15) is 0 Å². The predicted octanol–water partition coefficient (Wildman–Crippen LogP) is 2.16. The zero-order valence-corrected chi connectivity index (χ0v) is 15.1.